The Balaban J connectivity index is 1.88. The van der Waals surface area contributed by atoms with Crippen molar-refractivity contribution in [1.29, 1.82) is 0 Å². The SMILES string of the molecule is CC(=O)N1C=Cc2[nH]nc(Nc3cccc(Br)c3)c2C1. The number of rotatable bonds is 2. The summed E-state index contributed by atoms with van der Waals surface area (Å²) in [4.78, 5) is 13.1. The van der Waals surface area contributed by atoms with E-state index in [1.165, 1.54) is 0 Å². The van der Waals surface area contributed by atoms with E-state index in [0.29, 0.717) is 6.54 Å². The molecule has 20 heavy (non-hydrogen) atoms. The molecule has 102 valence electrons. The van der Waals surface area contributed by atoms with Gasteiger partial charge < -0.3 is 10.2 Å². The molecule has 0 saturated carbocycles. The molecule has 0 saturated heterocycles. The Kier molecular flexibility index (Phi) is 3.31. The van der Waals surface area contributed by atoms with Crippen LogP contribution >= 0.6 is 15.9 Å². The molecule has 0 fully saturated rings. The summed E-state index contributed by atoms with van der Waals surface area (Å²) in [7, 11) is 0. The largest absolute Gasteiger partial charge is 0.338 e. The van der Waals surface area contributed by atoms with Gasteiger partial charge in [0.05, 0.1) is 12.2 Å². The molecule has 5 nitrogen and oxygen atoms in total. The van der Waals surface area contributed by atoms with E-state index in [4.69, 9.17) is 0 Å². The Morgan fingerprint density at radius 1 is 1.50 bits per heavy atom. The van der Waals surface area contributed by atoms with E-state index < -0.39 is 0 Å². The monoisotopic (exact) mass is 332 g/mol. The highest BCUT2D eigenvalue weighted by Gasteiger charge is 2.19. The van der Waals surface area contributed by atoms with E-state index in [-0.39, 0.29) is 5.91 Å². The van der Waals surface area contributed by atoms with Crippen molar-refractivity contribution in [3.63, 3.8) is 0 Å². The lowest BCUT2D eigenvalue weighted by Crippen LogP contribution is -2.24. The minimum Gasteiger partial charge on any atom is -0.338 e. The van der Waals surface area contributed by atoms with Crippen LogP contribution in [0.2, 0.25) is 0 Å². The van der Waals surface area contributed by atoms with Crippen molar-refractivity contribution in [3.05, 3.63) is 46.2 Å². The standard InChI is InChI=1S/C14H13BrN4O/c1-9(20)19-6-5-13-12(8-19)14(18-17-13)16-11-4-2-3-10(15)7-11/h2-7H,8H2,1H3,(H2,16,17,18). The van der Waals surface area contributed by atoms with Crippen LogP contribution in [0, 0.1) is 0 Å². The average Bonchev–Trinajstić information content (AvgIpc) is 2.81. The van der Waals surface area contributed by atoms with Gasteiger partial charge in [-0.3, -0.25) is 9.89 Å². The number of halogens is 1. The number of benzene rings is 1. The first-order valence-corrected chi connectivity index (χ1v) is 6.98. The van der Waals surface area contributed by atoms with Crippen LogP contribution in [0.3, 0.4) is 0 Å². The Labute approximate surface area is 124 Å². The van der Waals surface area contributed by atoms with Crippen molar-refractivity contribution in [2.45, 2.75) is 13.5 Å². The molecule has 2 aromatic rings. The lowest BCUT2D eigenvalue weighted by atomic mass is 10.1. The molecular formula is C14H13BrN4O. The van der Waals surface area contributed by atoms with Crippen LogP contribution in [-0.2, 0) is 11.3 Å². The molecule has 0 spiro atoms. The molecular weight excluding hydrogens is 320 g/mol. The fourth-order valence-corrected chi connectivity index (χ4v) is 2.49. The average molecular weight is 333 g/mol. The van der Waals surface area contributed by atoms with Gasteiger partial charge in [-0.1, -0.05) is 22.0 Å². The number of hydrogen-bond acceptors (Lipinski definition) is 3. The lowest BCUT2D eigenvalue weighted by Gasteiger charge is -2.20. The van der Waals surface area contributed by atoms with E-state index in [9.17, 15) is 4.79 Å². The Morgan fingerprint density at radius 3 is 3.10 bits per heavy atom. The summed E-state index contributed by atoms with van der Waals surface area (Å²) >= 11 is 3.44. The second kappa shape index (κ2) is 5.13. The number of nitrogens with one attached hydrogen (secondary N) is 2. The second-order valence-electron chi connectivity index (χ2n) is 4.56. The molecule has 1 amide bonds. The molecule has 1 aliphatic rings. The summed E-state index contributed by atoms with van der Waals surface area (Å²) in [6.07, 6.45) is 3.63. The van der Waals surface area contributed by atoms with E-state index in [0.717, 1.165) is 27.2 Å². The van der Waals surface area contributed by atoms with E-state index in [2.05, 4.69) is 31.4 Å². The zero-order chi connectivity index (χ0) is 14.1. The van der Waals surface area contributed by atoms with Crippen molar-refractivity contribution in [2.24, 2.45) is 0 Å². The van der Waals surface area contributed by atoms with Gasteiger partial charge in [-0.25, -0.2) is 0 Å². The minimum atomic E-state index is 0.0153. The molecule has 0 bridgehead atoms. The Hall–Kier alpha value is -2.08. The Morgan fingerprint density at radius 2 is 2.35 bits per heavy atom. The van der Waals surface area contributed by atoms with Crippen LogP contribution in [-0.4, -0.2) is 21.0 Å². The zero-order valence-corrected chi connectivity index (χ0v) is 12.4. The molecule has 1 aromatic carbocycles. The highest BCUT2D eigenvalue weighted by Crippen LogP contribution is 2.27. The third kappa shape index (κ3) is 2.46. The summed E-state index contributed by atoms with van der Waals surface area (Å²) in [6, 6.07) is 7.86. The van der Waals surface area contributed by atoms with Crippen LogP contribution in [0.25, 0.3) is 6.08 Å². The number of aromatic nitrogens is 2. The highest BCUT2D eigenvalue weighted by molar-refractivity contribution is 9.10. The second-order valence-corrected chi connectivity index (χ2v) is 5.48. The van der Waals surface area contributed by atoms with Gasteiger partial charge in [0.1, 0.15) is 0 Å². The molecule has 0 aliphatic carbocycles. The molecule has 2 N–H and O–H groups in total. The molecule has 0 atom stereocenters. The first-order chi connectivity index (χ1) is 9.63. The number of hydrogen-bond donors (Lipinski definition) is 2. The first-order valence-electron chi connectivity index (χ1n) is 6.19. The molecule has 1 aliphatic heterocycles. The fourth-order valence-electron chi connectivity index (χ4n) is 2.09. The van der Waals surface area contributed by atoms with Crippen molar-refractivity contribution < 1.29 is 4.79 Å². The van der Waals surface area contributed by atoms with E-state index in [1.54, 1.807) is 18.0 Å². The summed E-state index contributed by atoms with van der Waals surface area (Å²) in [5, 5.41) is 10.5. The van der Waals surface area contributed by atoms with Crippen LogP contribution in [0.1, 0.15) is 18.2 Å². The van der Waals surface area contributed by atoms with Crippen molar-refractivity contribution in [2.75, 3.05) is 5.32 Å². The molecule has 0 radical (unpaired) electrons. The lowest BCUT2D eigenvalue weighted by molar-refractivity contribution is -0.126. The minimum absolute atomic E-state index is 0.0153. The summed E-state index contributed by atoms with van der Waals surface area (Å²) in [6.45, 7) is 2.07. The Bertz CT molecular complexity index is 692. The number of nitrogens with zero attached hydrogens (tertiary/aromatic N) is 2. The number of fused-ring (bicyclic) bond motifs is 1. The van der Waals surface area contributed by atoms with Gasteiger partial charge >= 0.3 is 0 Å². The van der Waals surface area contributed by atoms with Crippen LogP contribution in [0.15, 0.2) is 34.9 Å². The van der Waals surface area contributed by atoms with Gasteiger partial charge in [0.25, 0.3) is 0 Å². The van der Waals surface area contributed by atoms with Crippen molar-refractivity contribution >= 4 is 39.4 Å². The quantitative estimate of drug-likeness (QED) is 0.887. The third-order valence-corrected chi connectivity index (χ3v) is 3.63. The van der Waals surface area contributed by atoms with Gasteiger partial charge in [0, 0.05) is 28.8 Å². The first kappa shape index (κ1) is 12.9. The maximum atomic E-state index is 11.5. The highest BCUT2D eigenvalue weighted by atomic mass is 79.9. The number of amides is 1. The summed E-state index contributed by atoms with van der Waals surface area (Å²) in [5.41, 5.74) is 2.86. The van der Waals surface area contributed by atoms with Crippen LogP contribution in [0.5, 0.6) is 0 Å². The zero-order valence-electron chi connectivity index (χ0n) is 10.9. The number of aromatic amines is 1. The van der Waals surface area contributed by atoms with Gasteiger partial charge in [-0.15, -0.1) is 0 Å². The van der Waals surface area contributed by atoms with Gasteiger partial charge in [0.15, 0.2) is 5.82 Å². The number of H-pyrrole nitrogens is 1. The van der Waals surface area contributed by atoms with Crippen LogP contribution in [0.4, 0.5) is 11.5 Å². The summed E-state index contributed by atoms with van der Waals surface area (Å²) < 4.78 is 0.997. The number of carbonyl (C=O) groups excluding carboxylic acids is 1. The predicted molar refractivity (Wildman–Crippen MR) is 81.3 cm³/mol. The van der Waals surface area contributed by atoms with E-state index >= 15 is 0 Å². The maximum absolute atomic E-state index is 11.5. The number of anilines is 2. The normalized spacial score (nSPS) is 13.2. The molecule has 0 unspecified atom stereocenters. The maximum Gasteiger partial charge on any atom is 0.223 e. The fraction of sp³-hybridized carbons (Fsp3) is 0.143. The smallest absolute Gasteiger partial charge is 0.223 e. The van der Waals surface area contributed by atoms with Crippen molar-refractivity contribution in [1.82, 2.24) is 15.1 Å². The van der Waals surface area contributed by atoms with Gasteiger partial charge in [0.2, 0.25) is 5.91 Å². The number of carbonyl (C=O) groups is 1. The molecule has 6 heteroatoms. The van der Waals surface area contributed by atoms with Gasteiger partial charge in [-0.2, -0.15) is 5.10 Å². The molecule has 2 heterocycles. The summed E-state index contributed by atoms with van der Waals surface area (Å²) in [5.74, 6) is 0.759. The van der Waals surface area contributed by atoms with Crippen LogP contribution < -0.4 is 5.32 Å². The topological polar surface area (TPSA) is 61.0 Å². The molecule has 1 aromatic heterocycles. The van der Waals surface area contributed by atoms with Gasteiger partial charge in [-0.05, 0) is 24.3 Å². The predicted octanol–water partition coefficient (Wildman–Crippen LogP) is 3.25. The van der Waals surface area contributed by atoms with Crippen molar-refractivity contribution in [3.8, 4) is 0 Å². The molecule has 3 rings (SSSR count). The third-order valence-electron chi connectivity index (χ3n) is 3.14. The van der Waals surface area contributed by atoms with E-state index in [1.807, 2.05) is 30.3 Å².